The van der Waals surface area contributed by atoms with Crippen LogP contribution in [0.15, 0.2) is 12.1 Å². The van der Waals surface area contributed by atoms with Crippen molar-refractivity contribution in [3.8, 4) is 10.6 Å². The van der Waals surface area contributed by atoms with Crippen LogP contribution in [0.25, 0.3) is 10.6 Å². The number of hydrogen-bond acceptors (Lipinski definition) is 3. The van der Waals surface area contributed by atoms with E-state index in [9.17, 15) is 4.79 Å². The summed E-state index contributed by atoms with van der Waals surface area (Å²) in [5, 5.41) is 0. The first-order valence-corrected chi connectivity index (χ1v) is 5.57. The molecule has 0 atom stereocenters. The number of imidazole rings is 1. The Morgan fingerprint density at radius 1 is 1.53 bits per heavy atom. The van der Waals surface area contributed by atoms with Crippen LogP contribution in [-0.2, 0) is 7.05 Å². The van der Waals surface area contributed by atoms with Crippen LogP contribution in [0.4, 0.5) is 0 Å². The largest absolute Gasteiger partial charge is 0.330 e. The van der Waals surface area contributed by atoms with E-state index in [1.165, 1.54) is 11.3 Å². The third-order valence-electron chi connectivity index (χ3n) is 2.26. The molecule has 0 fully saturated rings. The van der Waals surface area contributed by atoms with E-state index < -0.39 is 0 Å². The number of halogens is 1. The SMILES string of the molecule is Cc1nc(C=O)c(-c2ccc(Cl)s2)n1C. The lowest BCUT2D eigenvalue weighted by Gasteiger charge is -2.00. The zero-order valence-electron chi connectivity index (χ0n) is 8.32. The average Bonchev–Trinajstić information content (AvgIpc) is 2.73. The van der Waals surface area contributed by atoms with Crippen LogP contribution in [0.1, 0.15) is 16.3 Å². The molecule has 0 bridgehead atoms. The Morgan fingerprint density at radius 3 is 2.80 bits per heavy atom. The molecular weight excluding hydrogens is 232 g/mol. The van der Waals surface area contributed by atoms with E-state index in [1.54, 1.807) is 0 Å². The van der Waals surface area contributed by atoms with Crippen molar-refractivity contribution in [2.24, 2.45) is 7.05 Å². The van der Waals surface area contributed by atoms with Crippen LogP contribution in [0, 0.1) is 6.92 Å². The van der Waals surface area contributed by atoms with Crippen LogP contribution in [0.3, 0.4) is 0 Å². The van der Waals surface area contributed by atoms with Crippen molar-refractivity contribution in [2.75, 3.05) is 0 Å². The second kappa shape index (κ2) is 3.79. The van der Waals surface area contributed by atoms with E-state index in [-0.39, 0.29) is 0 Å². The lowest BCUT2D eigenvalue weighted by atomic mass is 10.3. The molecule has 2 aromatic rings. The number of nitrogens with zero attached hydrogens (tertiary/aromatic N) is 2. The maximum absolute atomic E-state index is 10.9. The van der Waals surface area contributed by atoms with Gasteiger partial charge in [0, 0.05) is 7.05 Å². The van der Waals surface area contributed by atoms with Crippen LogP contribution >= 0.6 is 22.9 Å². The molecule has 0 aliphatic heterocycles. The minimum absolute atomic E-state index is 0.466. The van der Waals surface area contributed by atoms with Crippen LogP contribution < -0.4 is 0 Å². The number of hydrogen-bond donors (Lipinski definition) is 0. The first kappa shape index (κ1) is 10.4. The van der Waals surface area contributed by atoms with E-state index in [0.29, 0.717) is 10.0 Å². The van der Waals surface area contributed by atoms with Crippen molar-refractivity contribution in [2.45, 2.75) is 6.92 Å². The molecule has 0 aliphatic carbocycles. The van der Waals surface area contributed by atoms with E-state index in [0.717, 1.165) is 22.7 Å². The van der Waals surface area contributed by atoms with Crippen molar-refractivity contribution in [3.05, 3.63) is 28.0 Å². The third-order valence-corrected chi connectivity index (χ3v) is 3.50. The number of aldehydes is 1. The summed E-state index contributed by atoms with van der Waals surface area (Å²) in [4.78, 5) is 16.0. The first-order chi connectivity index (χ1) is 7.13. The average molecular weight is 241 g/mol. The molecule has 0 N–H and O–H groups in total. The van der Waals surface area contributed by atoms with Gasteiger partial charge in [-0.05, 0) is 19.1 Å². The summed E-state index contributed by atoms with van der Waals surface area (Å²) >= 11 is 7.31. The van der Waals surface area contributed by atoms with Crippen LogP contribution in [0.2, 0.25) is 4.34 Å². The molecule has 2 heterocycles. The quantitative estimate of drug-likeness (QED) is 0.757. The molecule has 0 saturated carbocycles. The number of thiophene rings is 1. The summed E-state index contributed by atoms with van der Waals surface area (Å²) in [6, 6.07) is 3.72. The minimum atomic E-state index is 0.466. The number of aromatic nitrogens is 2. The Balaban J connectivity index is 2.65. The molecule has 0 aromatic carbocycles. The standard InChI is InChI=1S/C10H9ClN2OS/c1-6-12-7(5-14)10(13(6)2)8-3-4-9(11)15-8/h3-5H,1-2H3. The van der Waals surface area contributed by atoms with Gasteiger partial charge < -0.3 is 4.57 Å². The molecule has 2 rings (SSSR count). The van der Waals surface area contributed by atoms with Gasteiger partial charge >= 0.3 is 0 Å². The minimum Gasteiger partial charge on any atom is -0.330 e. The van der Waals surface area contributed by atoms with Gasteiger partial charge in [-0.15, -0.1) is 11.3 Å². The third kappa shape index (κ3) is 1.70. The van der Waals surface area contributed by atoms with Gasteiger partial charge in [-0.1, -0.05) is 11.6 Å². The van der Waals surface area contributed by atoms with Crippen LogP contribution in [-0.4, -0.2) is 15.8 Å². The fraction of sp³-hybridized carbons (Fsp3) is 0.200. The summed E-state index contributed by atoms with van der Waals surface area (Å²) < 4.78 is 2.60. The predicted octanol–water partition coefficient (Wildman–Crippen LogP) is 2.92. The zero-order valence-corrected chi connectivity index (χ0v) is 9.89. The summed E-state index contributed by atoms with van der Waals surface area (Å²) in [5.41, 5.74) is 1.30. The Hall–Kier alpha value is -1.13. The molecule has 5 heteroatoms. The van der Waals surface area contributed by atoms with E-state index >= 15 is 0 Å². The number of carbonyl (C=O) groups is 1. The smallest absolute Gasteiger partial charge is 0.170 e. The van der Waals surface area contributed by atoms with Gasteiger partial charge in [0.25, 0.3) is 0 Å². The van der Waals surface area contributed by atoms with Crippen LogP contribution in [0.5, 0.6) is 0 Å². The van der Waals surface area contributed by atoms with Crippen molar-refractivity contribution in [3.63, 3.8) is 0 Å². The van der Waals surface area contributed by atoms with E-state index in [2.05, 4.69) is 4.98 Å². The van der Waals surface area contributed by atoms with Gasteiger partial charge in [-0.2, -0.15) is 0 Å². The second-order valence-electron chi connectivity index (χ2n) is 3.17. The van der Waals surface area contributed by atoms with Gasteiger partial charge in [-0.3, -0.25) is 4.79 Å². The fourth-order valence-electron chi connectivity index (χ4n) is 1.45. The van der Waals surface area contributed by atoms with E-state index in [4.69, 9.17) is 11.6 Å². The lowest BCUT2D eigenvalue weighted by molar-refractivity contribution is 0.112. The molecule has 0 aliphatic rings. The molecule has 2 aromatic heterocycles. The molecule has 0 unspecified atom stereocenters. The second-order valence-corrected chi connectivity index (χ2v) is 4.89. The fourth-order valence-corrected chi connectivity index (χ4v) is 2.58. The Morgan fingerprint density at radius 2 is 2.27 bits per heavy atom. The first-order valence-electron chi connectivity index (χ1n) is 4.37. The normalized spacial score (nSPS) is 10.6. The highest BCUT2D eigenvalue weighted by Gasteiger charge is 2.14. The zero-order chi connectivity index (χ0) is 11.0. The highest BCUT2D eigenvalue weighted by atomic mass is 35.5. The summed E-state index contributed by atoms with van der Waals surface area (Å²) in [5.74, 6) is 0.816. The van der Waals surface area contributed by atoms with Gasteiger partial charge in [0.05, 0.1) is 14.9 Å². The molecule has 0 saturated heterocycles. The van der Waals surface area contributed by atoms with Crippen molar-refractivity contribution >= 4 is 29.2 Å². The molecule has 15 heavy (non-hydrogen) atoms. The van der Waals surface area contributed by atoms with E-state index in [1.807, 2.05) is 30.7 Å². The maximum atomic E-state index is 10.9. The Labute approximate surface area is 96.3 Å². The van der Waals surface area contributed by atoms with Gasteiger partial charge in [0.15, 0.2) is 6.29 Å². The number of aryl methyl sites for hydroxylation is 1. The van der Waals surface area contributed by atoms with Gasteiger partial charge in [0.1, 0.15) is 11.5 Å². The maximum Gasteiger partial charge on any atom is 0.170 e. The molecule has 78 valence electrons. The number of rotatable bonds is 2. The Kier molecular flexibility index (Phi) is 2.63. The van der Waals surface area contributed by atoms with Crippen molar-refractivity contribution in [1.82, 2.24) is 9.55 Å². The summed E-state index contributed by atoms with van der Waals surface area (Å²) in [6.45, 7) is 1.87. The number of carbonyl (C=O) groups excluding carboxylic acids is 1. The molecule has 0 spiro atoms. The summed E-state index contributed by atoms with van der Waals surface area (Å²) in [7, 11) is 1.89. The molecule has 0 amide bonds. The van der Waals surface area contributed by atoms with Gasteiger partial charge in [-0.25, -0.2) is 4.98 Å². The molecular formula is C10H9ClN2OS. The molecule has 0 radical (unpaired) electrons. The molecule has 3 nitrogen and oxygen atoms in total. The Bertz CT molecular complexity index is 515. The highest BCUT2D eigenvalue weighted by molar-refractivity contribution is 7.19. The topological polar surface area (TPSA) is 34.9 Å². The predicted molar refractivity (Wildman–Crippen MR) is 61.7 cm³/mol. The lowest BCUT2D eigenvalue weighted by Crippen LogP contribution is -1.93. The van der Waals surface area contributed by atoms with Crippen molar-refractivity contribution < 1.29 is 4.79 Å². The monoisotopic (exact) mass is 240 g/mol. The summed E-state index contributed by atoms with van der Waals surface area (Å²) in [6.07, 6.45) is 0.774. The van der Waals surface area contributed by atoms with Gasteiger partial charge in [0.2, 0.25) is 0 Å². The van der Waals surface area contributed by atoms with Crippen molar-refractivity contribution in [1.29, 1.82) is 0 Å². The highest BCUT2D eigenvalue weighted by Crippen LogP contribution is 2.32.